The van der Waals surface area contributed by atoms with Crippen LogP contribution in [0.25, 0.3) is 11.4 Å². The minimum atomic E-state index is -3.46. The van der Waals surface area contributed by atoms with Crippen LogP contribution in [0.15, 0.2) is 30.6 Å². The SMILES string of the molecule is COc1c(Nc2cc(N(C)CCC(C)(C)C=O)nnc2C(=O)NC(O)(O)O)cccc1-c1ncn(C)n1. The van der Waals surface area contributed by atoms with Crippen LogP contribution in [-0.2, 0) is 11.8 Å². The lowest BCUT2D eigenvalue weighted by Gasteiger charge is -2.24. The Labute approximate surface area is 212 Å². The first-order valence-corrected chi connectivity index (χ1v) is 11.2. The van der Waals surface area contributed by atoms with E-state index in [-0.39, 0.29) is 11.4 Å². The van der Waals surface area contributed by atoms with Crippen molar-refractivity contribution >= 4 is 29.4 Å². The van der Waals surface area contributed by atoms with E-state index in [1.807, 2.05) is 13.8 Å². The van der Waals surface area contributed by atoms with Gasteiger partial charge in [-0.25, -0.2) is 4.98 Å². The van der Waals surface area contributed by atoms with Crippen LogP contribution in [0.5, 0.6) is 5.75 Å². The molecule has 198 valence electrons. The molecule has 1 aromatic carbocycles. The molecule has 0 unspecified atom stereocenters. The van der Waals surface area contributed by atoms with Crippen LogP contribution in [0.4, 0.5) is 17.2 Å². The van der Waals surface area contributed by atoms with Crippen molar-refractivity contribution in [1.29, 1.82) is 0 Å². The fraction of sp³-hybridized carbons (Fsp3) is 0.391. The van der Waals surface area contributed by atoms with Gasteiger partial charge in [0.1, 0.15) is 12.6 Å². The van der Waals surface area contributed by atoms with Gasteiger partial charge in [0, 0.05) is 32.1 Å². The van der Waals surface area contributed by atoms with Gasteiger partial charge in [0.15, 0.2) is 23.1 Å². The Morgan fingerprint density at radius 1 is 1.22 bits per heavy atom. The standard InChI is InChI=1S/C23H30N8O6/c1-22(2,12-32)9-10-30(3)17-11-16(18(28-27-17)21(33)26-23(34,35)36)25-15-8-6-7-14(19(15)37-5)20-24-13-31(4)29-20/h6-8,11-13,34-36H,9-10H2,1-5H3,(H,25,27)(H,26,33). The number of nitrogens with one attached hydrogen (secondary N) is 2. The van der Waals surface area contributed by atoms with Crippen molar-refractivity contribution in [3.63, 3.8) is 0 Å². The predicted molar refractivity (Wildman–Crippen MR) is 133 cm³/mol. The second kappa shape index (κ2) is 10.9. The summed E-state index contributed by atoms with van der Waals surface area (Å²) in [5.74, 6) is 0.0452. The summed E-state index contributed by atoms with van der Waals surface area (Å²) in [6.07, 6.45) is -0.501. The van der Waals surface area contributed by atoms with Crippen molar-refractivity contribution in [3.05, 3.63) is 36.3 Å². The maximum absolute atomic E-state index is 12.7. The molecule has 2 aromatic heterocycles. The van der Waals surface area contributed by atoms with Crippen LogP contribution in [0.2, 0.25) is 0 Å². The molecule has 5 N–H and O–H groups in total. The molecule has 2 heterocycles. The van der Waals surface area contributed by atoms with Crippen molar-refractivity contribution in [2.45, 2.75) is 26.4 Å². The average molecular weight is 515 g/mol. The molecule has 14 heteroatoms. The van der Waals surface area contributed by atoms with Gasteiger partial charge in [0.05, 0.1) is 24.0 Å². The summed E-state index contributed by atoms with van der Waals surface area (Å²) >= 11 is 0. The van der Waals surface area contributed by atoms with Gasteiger partial charge in [0.25, 0.3) is 5.91 Å². The maximum Gasteiger partial charge on any atom is 0.369 e. The van der Waals surface area contributed by atoms with Gasteiger partial charge < -0.3 is 35.1 Å². The topological polar surface area (TPSA) is 188 Å². The number of aromatic nitrogens is 5. The van der Waals surface area contributed by atoms with E-state index in [1.54, 1.807) is 53.5 Å². The first-order valence-electron chi connectivity index (χ1n) is 11.2. The first kappa shape index (κ1) is 27.4. The maximum atomic E-state index is 12.7. The monoisotopic (exact) mass is 514 g/mol. The van der Waals surface area contributed by atoms with E-state index in [9.17, 15) is 24.9 Å². The number of para-hydroxylation sites is 1. The number of aldehydes is 1. The molecular formula is C23H30N8O6. The Balaban J connectivity index is 2.03. The molecular weight excluding hydrogens is 484 g/mol. The lowest BCUT2D eigenvalue weighted by Crippen LogP contribution is -2.48. The van der Waals surface area contributed by atoms with Gasteiger partial charge in [-0.05, 0) is 18.6 Å². The fourth-order valence-corrected chi connectivity index (χ4v) is 3.31. The van der Waals surface area contributed by atoms with Crippen LogP contribution >= 0.6 is 0 Å². The normalized spacial score (nSPS) is 11.7. The largest absolute Gasteiger partial charge is 0.494 e. The zero-order valence-corrected chi connectivity index (χ0v) is 21.1. The van der Waals surface area contributed by atoms with E-state index in [2.05, 4.69) is 25.6 Å². The van der Waals surface area contributed by atoms with Gasteiger partial charge in [-0.3, -0.25) is 14.8 Å². The number of methoxy groups -OCH3 is 1. The number of carbonyl (C=O) groups is 2. The number of nitrogens with zero attached hydrogens (tertiary/aromatic N) is 6. The zero-order valence-electron chi connectivity index (χ0n) is 21.1. The predicted octanol–water partition coefficient (Wildman–Crippen LogP) is 0.394. The molecule has 37 heavy (non-hydrogen) atoms. The van der Waals surface area contributed by atoms with E-state index in [0.717, 1.165) is 6.29 Å². The highest BCUT2D eigenvalue weighted by Crippen LogP contribution is 2.37. The molecule has 0 aliphatic heterocycles. The van der Waals surface area contributed by atoms with Gasteiger partial charge >= 0.3 is 6.10 Å². The number of benzene rings is 1. The molecule has 0 aliphatic rings. The summed E-state index contributed by atoms with van der Waals surface area (Å²) in [6.45, 7) is 4.10. The average Bonchev–Trinajstić information content (AvgIpc) is 3.27. The number of aryl methyl sites for hydroxylation is 1. The van der Waals surface area contributed by atoms with Crippen molar-refractivity contribution in [1.82, 2.24) is 30.3 Å². The molecule has 3 aromatic rings. The third-order valence-electron chi connectivity index (χ3n) is 5.41. The summed E-state index contributed by atoms with van der Waals surface area (Å²) in [4.78, 5) is 29.9. The summed E-state index contributed by atoms with van der Waals surface area (Å²) in [5, 5.41) is 44.7. The number of anilines is 3. The van der Waals surface area contributed by atoms with Gasteiger partial charge in [-0.15, -0.1) is 10.2 Å². The van der Waals surface area contributed by atoms with Crippen molar-refractivity contribution < 1.29 is 29.6 Å². The molecule has 3 rings (SSSR count). The molecule has 0 bridgehead atoms. The summed E-state index contributed by atoms with van der Waals surface area (Å²) in [7, 11) is 4.95. The van der Waals surface area contributed by atoms with Gasteiger partial charge in [0.2, 0.25) is 0 Å². The van der Waals surface area contributed by atoms with Gasteiger partial charge in [-0.1, -0.05) is 19.9 Å². The molecule has 0 saturated heterocycles. The van der Waals surface area contributed by atoms with Crippen LogP contribution in [-0.4, -0.2) is 79.3 Å². The molecule has 0 aliphatic carbocycles. The summed E-state index contributed by atoms with van der Waals surface area (Å²) in [5.41, 5.74) is 0.249. The third kappa shape index (κ3) is 6.97. The molecule has 14 nitrogen and oxygen atoms in total. The number of ether oxygens (including phenoxy) is 1. The number of carbonyl (C=O) groups excluding carboxylic acids is 2. The smallest absolute Gasteiger partial charge is 0.369 e. The quantitative estimate of drug-likeness (QED) is 0.175. The van der Waals surface area contributed by atoms with E-state index in [4.69, 9.17) is 4.74 Å². The van der Waals surface area contributed by atoms with Crippen LogP contribution in [0.1, 0.15) is 30.8 Å². The van der Waals surface area contributed by atoms with Gasteiger partial charge in [-0.2, -0.15) is 5.10 Å². The van der Waals surface area contributed by atoms with E-state index in [0.29, 0.717) is 41.6 Å². The summed E-state index contributed by atoms with van der Waals surface area (Å²) < 4.78 is 7.15. The molecule has 0 saturated carbocycles. The highest BCUT2D eigenvalue weighted by molar-refractivity contribution is 5.99. The molecule has 0 spiro atoms. The third-order valence-corrected chi connectivity index (χ3v) is 5.41. The molecule has 0 fully saturated rings. The lowest BCUT2D eigenvalue weighted by molar-refractivity contribution is -0.323. The Morgan fingerprint density at radius 3 is 2.54 bits per heavy atom. The van der Waals surface area contributed by atoms with E-state index >= 15 is 0 Å². The highest BCUT2D eigenvalue weighted by Gasteiger charge is 2.27. The number of amides is 1. The number of aliphatic hydroxyl groups is 3. The summed E-state index contributed by atoms with van der Waals surface area (Å²) in [6, 6.07) is 6.72. The number of rotatable bonds is 11. The molecule has 0 radical (unpaired) electrons. The zero-order chi connectivity index (χ0) is 27.4. The Bertz CT molecular complexity index is 1270. The second-order valence-corrected chi connectivity index (χ2v) is 9.09. The van der Waals surface area contributed by atoms with Crippen LogP contribution in [0, 0.1) is 5.41 Å². The van der Waals surface area contributed by atoms with E-state index in [1.165, 1.54) is 13.2 Å². The minimum Gasteiger partial charge on any atom is -0.494 e. The Hall–Kier alpha value is -4.14. The van der Waals surface area contributed by atoms with E-state index < -0.39 is 17.4 Å². The molecule has 1 amide bonds. The van der Waals surface area contributed by atoms with Crippen molar-refractivity contribution in [3.8, 4) is 17.1 Å². The molecule has 0 atom stereocenters. The Morgan fingerprint density at radius 2 is 1.95 bits per heavy atom. The number of hydrogen-bond donors (Lipinski definition) is 5. The minimum absolute atomic E-state index is 0.123. The van der Waals surface area contributed by atoms with Crippen molar-refractivity contribution in [2.24, 2.45) is 12.5 Å². The first-order chi connectivity index (χ1) is 17.3. The van der Waals surface area contributed by atoms with Crippen molar-refractivity contribution in [2.75, 3.05) is 30.9 Å². The lowest BCUT2D eigenvalue weighted by atomic mass is 9.91. The highest BCUT2D eigenvalue weighted by atomic mass is 16.7. The van der Waals surface area contributed by atoms with Crippen LogP contribution in [0.3, 0.4) is 0 Å². The van der Waals surface area contributed by atoms with Crippen LogP contribution < -0.4 is 20.3 Å². The Kier molecular flexibility index (Phi) is 8.06. The number of hydrogen-bond acceptors (Lipinski definition) is 12. The second-order valence-electron chi connectivity index (χ2n) is 9.09. The fourth-order valence-electron chi connectivity index (χ4n) is 3.31.